The van der Waals surface area contributed by atoms with Crippen LogP contribution >= 0.6 is 0 Å². The lowest BCUT2D eigenvalue weighted by Crippen LogP contribution is -2.49. The van der Waals surface area contributed by atoms with Crippen LogP contribution in [0.15, 0.2) is 34.4 Å². The molecule has 2 rings (SSSR count). The predicted molar refractivity (Wildman–Crippen MR) is 116 cm³/mol. The number of piperazine rings is 1. The molecule has 0 radical (unpaired) electrons. The molecule has 0 aromatic carbocycles. The summed E-state index contributed by atoms with van der Waals surface area (Å²) in [5.74, 6) is 0. The highest BCUT2D eigenvalue weighted by Crippen LogP contribution is 2.42. The monoisotopic (exact) mass is 358 g/mol. The van der Waals surface area contributed by atoms with Crippen LogP contribution in [-0.4, -0.2) is 48.6 Å². The van der Waals surface area contributed by atoms with E-state index in [4.69, 9.17) is 0 Å². The first kappa shape index (κ1) is 21.4. The van der Waals surface area contributed by atoms with Gasteiger partial charge in [0.15, 0.2) is 0 Å². The second-order valence-corrected chi connectivity index (χ2v) is 9.62. The van der Waals surface area contributed by atoms with Crippen LogP contribution in [0.25, 0.3) is 0 Å². The average Bonchev–Trinajstić information content (AvgIpc) is 2.57. The normalized spacial score (nSPS) is 22.8. The van der Waals surface area contributed by atoms with Crippen LogP contribution in [0.5, 0.6) is 0 Å². The SMILES string of the molecule is CC/C(=C\C=C(C)C)C1=C(CN2CCN(C(C)C)CC2)CCC(C)(C)C1. The lowest BCUT2D eigenvalue weighted by Gasteiger charge is -2.40. The largest absolute Gasteiger partial charge is 0.298 e. The van der Waals surface area contributed by atoms with Crippen molar-refractivity contribution in [3.05, 3.63) is 34.4 Å². The topological polar surface area (TPSA) is 6.48 Å². The highest BCUT2D eigenvalue weighted by Gasteiger charge is 2.29. The van der Waals surface area contributed by atoms with E-state index in [1.807, 2.05) is 0 Å². The summed E-state index contributed by atoms with van der Waals surface area (Å²) in [5, 5.41) is 0. The summed E-state index contributed by atoms with van der Waals surface area (Å²) in [6.07, 6.45) is 9.68. The second-order valence-electron chi connectivity index (χ2n) is 9.62. The first-order valence-corrected chi connectivity index (χ1v) is 10.7. The van der Waals surface area contributed by atoms with Gasteiger partial charge in [0.05, 0.1) is 0 Å². The molecule has 0 atom stereocenters. The molecule has 0 saturated carbocycles. The van der Waals surface area contributed by atoms with Crippen LogP contribution in [0.4, 0.5) is 0 Å². The van der Waals surface area contributed by atoms with Crippen molar-refractivity contribution in [3.63, 3.8) is 0 Å². The van der Waals surface area contributed by atoms with Crippen LogP contribution in [-0.2, 0) is 0 Å². The van der Waals surface area contributed by atoms with E-state index in [1.54, 1.807) is 16.7 Å². The third-order valence-electron chi connectivity index (χ3n) is 6.12. The molecule has 0 unspecified atom stereocenters. The summed E-state index contributed by atoms with van der Waals surface area (Å²) in [6.45, 7) is 22.3. The van der Waals surface area contributed by atoms with Gasteiger partial charge in [-0.3, -0.25) is 9.80 Å². The Morgan fingerprint density at radius 3 is 2.27 bits per heavy atom. The Balaban J connectivity index is 2.19. The summed E-state index contributed by atoms with van der Waals surface area (Å²) in [4.78, 5) is 5.31. The fourth-order valence-corrected chi connectivity index (χ4v) is 4.25. The van der Waals surface area contributed by atoms with Gasteiger partial charge in [0.25, 0.3) is 0 Å². The Kier molecular flexibility index (Phi) is 7.73. The molecule has 0 aromatic rings. The molecular weight excluding hydrogens is 316 g/mol. The minimum absolute atomic E-state index is 0.439. The van der Waals surface area contributed by atoms with Gasteiger partial charge in [0, 0.05) is 38.8 Å². The van der Waals surface area contributed by atoms with E-state index in [0.717, 1.165) is 6.42 Å². The fourth-order valence-electron chi connectivity index (χ4n) is 4.25. The summed E-state index contributed by atoms with van der Waals surface area (Å²) in [7, 11) is 0. The molecule has 2 aliphatic rings. The molecular formula is C24H42N2. The highest BCUT2D eigenvalue weighted by atomic mass is 15.3. The van der Waals surface area contributed by atoms with E-state index in [-0.39, 0.29) is 0 Å². The average molecular weight is 359 g/mol. The van der Waals surface area contributed by atoms with Crippen LogP contribution in [0.2, 0.25) is 0 Å². The fraction of sp³-hybridized carbons (Fsp3) is 0.750. The summed E-state index contributed by atoms with van der Waals surface area (Å²) >= 11 is 0. The molecule has 2 nitrogen and oxygen atoms in total. The smallest absolute Gasteiger partial charge is 0.0199 e. The number of hydrogen-bond acceptors (Lipinski definition) is 2. The molecule has 0 amide bonds. The molecule has 2 heteroatoms. The molecule has 26 heavy (non-hydrogen) atoms. The maximum atomic E-state index is 2.70. The van der Waals surface area contributed by atoms with E-state index < -0.39 is 0 Å². The third-order valence-corrected chi connectivity index (χ3v) is 6.12. The van der Waals surface area contributed by atoms with Gasteiger partial charge in [0.2, 0.25) is 0 Å². The van der Waals surface area contributed by atoms with Crippen molar-refractivity contribution in [1.82, 2.24) is 9.80 Å². The Hall–Kier alpha value is -0.860. The third kappa shape index (κ3) is 6.09. The summed E-state index contributed by atoms with van der Waals surface area (Å²) in [6, 6.07) is 0.682. The van der Waals surface area contributed by atoms with Gasteiger partial charge in [-0.25, -0.2) is 0 Å². The van der Waals surface area contributed by atoms with Crippen LogP contribution in [0.1, 0.15) is 74.1 Å². The minimum atomic E-state index is 0.439. The molecule has 0 spiro atoms. The standard InChI is InChI=1S/C24H42N2/c1-8-21(10-9-19(2)3)23-17-24(6,7)12-11-22(23)18-25-13-15-26(16-14-25)20(4)5/h9-10,20H,8,11-18H2,1-7H3/b21-10+. The van der Waals surface area contributed by atoms with E-state index >= 15 is 0 Å². The van der Waals surface area contributed by atoms with Gasteiger partial charge in [-0.1, -0.05) is 44.1 Å². The first-order chi connectivity index (χ1) is 12.2. The van der Waals surface area contributed by atoms with Gasteiger partial charge < -0.3 is 0 Å². The van der Waals surface area contributed by atoms with Gasteiger partial charge in [-0.05, 0) is 69.9 Å². The molecule has 0 N–H and O–H groups in total. The molecule has 0 aromatic heterocycles. The lowest BCUT2D eigenvalue weighted by atomic mass is 9.72. The number of allylic oxidation sites excluding steroid dienone is 5. The van der Waals surface area contributed by atoms with Gasteiger partial charge in [-0.15, -0.1) is 0 Å². The minimum Gasteiger partial charge on any atom is -0.298 e. The summed E-state index contributed by atoms with van der Waals surface area (Å²) < 4.78 is 0. The second kappa shape index (κ2) is 9.37. The van der Waals surface area contributed by atoms with Gasteiger partial charge >= 0.3 is 0 Å². The van der Waals surface area contributed by atoms with E-state index in [2.05, 4.69) is 70.4 Å². The van der Waals surface area contributed by atoms with E-state index in [9.17, 15) is 0 Å². The zero-order chi connectivity index (χ0) is 19.3. The van der Waals surface area contributed by atoms with Crippen molar-refractivity contribution >= 4 is 0 Å². The Bertz CT molecular complexity index is 551. The number of rotatable bonds is 6. The number of hydrogen-bond donors (Lipinski definition) is 0. The lowest BCUT2D eigenvalue weighted by molar-refractivity contribution is 0.113. The Morgan fingerprint density at radius 1 is 1.08 bits per heavy atom. The Labute approximate surface area is 163 Å². The molecule has 1 fully saturated rings. The molecule has 1 heterocycles. The van der Waals surface area contributed by atoms with Crippen LogP contribution in [0, 0.1) is 5.41 Å². The molecule has 148 valence electrons. The first-order valence-electron chi connectivity index (χ1n) is 10.7. The zero-order valence-electron chi connectivity index (χ0n) is 18.5. The highest BCUT2D eigenvalue weighted by molar-refractivity contribution is 5.40. The quantitative estimate of drug-likeness (QED) is 0.552. The van der Waals surface area contributed by atoms with Crippen LogP contribution in [0.3, 0.4) is 0 Å². The molecule has 1 aliphatic carbocycles. The van der Waals surface area contributed by atoms with Gasteiger partial charge in [-0.2, -0.15) is 0 Å². The molecule has 1 aliphatic heterocycles. The van der Waals surface area contributed by atoms with Crippen molar-refractivity contribution in [1.29, 1.82) is 0 Å². The predicted octanol–water partition coefficient (Wildman–Crippen LogP) is 5.82. The van der Waals surface area contributed by atoms with Crippen molar-refractivity contribution in [2.45, 2.75) is 80.2 Å². The molecule has 1 saturated heterocycles. The van der Waals surface area contributed by atoms with Crippen molar-refractivity contribution in [2.24, 2.45) is 5.41 Å². The van der Waals surface area contributed by atoms with E-state index in [0.29, 0.717) is 11.5 Å². The maximum absolute atomic E-state index is 2.70. The maximum Gasteiger partial charge on any atom is 0.0199 e. The Morgan fingerprint density at radius 2 is 1.73 bits per heavy atom. The van der Waals surface area contributed by atoms with Crippen LogP contribution < -0.4 is 0 Å². The van der Waals surface area contributed by atoms with E-state index in [1.165, 1.54) is 57.6 Å². The van der Waals surface area contributed by atoms with Crippen molar-refractivity contribution in [2.75, 3.05) is 32.7 Å². The summed E-state index contributed by atoms with van der Waals surface area (Å²) in [5.41, 5.74) is 6.78. The van der Waals surface area contributed by atoms with Crippen molar-refractivity contribution in [3.8, 4) is 0 Å². The van der Waals surface area contributed by atoms with Crippen molar-refractivity contribution < 1.29 is 0 Å². The van der Waals surface area contributed by atoms with Gasteiger partial charge in [0.1, 0.15) is 0 Å². The molecule has 0 bridgehead atoms. The number of nitrogens with zero attached hydrogens (tertiary/aromatic N) is 2. The zero-order valence-corrected chi connectivity index (χ0v) is 18.5.